The minimum atomic E-state index is -4.41. The lowest BCUT2D eigenvalue weighted by Gasteiger charge is -2.19. The van der Waals surface area contributed by atoms with Gasteiger partial charge >= 0.3 is 19.8 Å². The van der Waals surface area contributed by atoms with Crippen LogP contribution in [0, 0.1) is 0 Å². The molecule has 0 aliphatic rings. The van der Waals surface area contributed by atoms with E-state index < -0.39 is 32.5 Å². The molecule has 0 saturated carbocycles. The number of carbonyl (C=O) groups is 2. The van der Waals surface area contributed by atoms with E-state index in [1.54, 1.807) is 0 Å². The van der Waals surface area contributed by atoms with E-state index in [4.69, 9.17) is 24.3 Å². The summed E-state index contributed by atoms with van der Waals surface area (Å²) in [4.78, 5) is 35.3. The van der Waals surface area contributed by atoms with Gasteiger partial charge in [0.05, 0.1) is 13.2 Å². The summed E-state index contributed by atoms with van der Waals surface area (Å²) >= 11 is 0. The topological polar surface area (TPSA) is 134 Å². The van der Waals surface area contributed by atoms with E-state index in [2.05, 4.69) is 172 Å². The molecule has 81 heavy (non-hydrogen) atoms. The normalized spacial score (nSPS) is 14.1. The average molecular weight is 1140 g/mol. The van der Waals surface area contributed by atoms with Crippen molar-refractivity contribution in [3.8, 4) is 0 Å². The Bertz CT molecular complexity index is 1880. The quantitative estimate of drug-likeness (QED) is 0.0264. The van der Waals surface area contributed by atoms with E-state index in [0.29, 0.717) is 6.42 Å². The number of hydrogen-bond donors (Lipinski definition) is 2. The lowest BCUT2D eigenvalue weighted by Crippen LogP contribution is -2.29. The zero-order valence-electron chi connectivity index (χ0n) is 51.2. The summed E-state index contributed by atoms with van der Waals surface area (Å²) in [5, 5.41) is 0. The lowest BCUT2D eigenvalue weighted by atomic mass is 10.0. The summed E-state index contributed by atoms with van der Waals surface area (Å²) in [5.41, 5.74) is 5.39. The third-order valence-corrected chi connectivity index (χ3v) is 13.9. The molecule has 0 aliphatic carbocycles. The van der Waals surface area contributed by atoms with Crippen molar-refractivity contribution in [2.45, 2.75) is 251 Å². The Morgan fingerprint density at radius 2 is 0.642 bits per heavy atom. The van der Waals surface area contributed by atoms with Gasteiger partial charge in [-0.3, -0.25) is 18.6 Å². The number of phosphoric ester groups is 1. The second-order valence-corrected chi connectivity index (χ2v) is 22.0. The second-order valence-electron chi connectivity index (χ2n) is 20.5. The molecule has 2 atom stereocenters. The molecule has 0 aromatic rings. The first-order valence-corrected chi connectivity index (χ1v) is 33.5. The molecule has 0 aromatic heterocycles. The van der Waals surface area contributed by atoms with Crippen molar-refractivity contribution in [3.63, 3.8) is 0 Å². The number of ether oxygens (including phenoxy) is 2. The van der Waals surface area contributed by atoms with Gasteiger partial charge in [-0.05, 0) is 122 Å². The highest BCUT2D eigenvalue weighted by Gasteiger charge is 2.26. The molecular weight excluding hydrogens is 1030 g/mol. The van der Waals surface area contributed by atoms with Crippen molar-refractivity contribution in [1.82, 2.24) is 0 Å². The minimum Gasteiger partial charge on any atom is -0.462 e. The van der Waals surface area contributed by atoms with Crippen LogP contribution in [0.5, 0.6) is 0 Å². The van der Waals surface area contributed by atoms with E-state index in [1.807, 2.05) is 0 Å². The Kier molecular flexibility index (Phi) is 61.3. The summed E-state index contributed by atoms with van der Waals surface area (Å²) in [6.07, 6.45) is 94.5. The van der Waals surface area contributed by atoms with Crippen LogP contribution in [-0.2, 0) is 32.7 Å². The van der Waals surface area contributed by atoms with E-state index in [0.717, 1.165) is 141 Å². The highest BCUT2D eigenvalue weighted by molar-refractivity contribution is 7.47. The molecule has 458 valence electrons. The molecule has 2 unspecified atom stereocenters. The summed E-state index contributed by atoms with van der Waals surface area (Å²) in [6.45, 7) is 3.49. The van der Waals surface area contributed by atoms with Gasteiger partial charge in [0.2, 0.25) is 0 Å². The van der Waals surface area contributed by atoms with Crippen molar-refractivity contribution >= 4 is 19.8 Å². The number of nitrogens with two attached hydrogens (primary N) is 1. The van der Waals surface area contributed by atoms with Crippen LogP contribution >= 0.6 is 7.82 Å². The molecule has 9 nitrogen and oxygen atoms in total. The van der Waals surface area contributed by atoms with Crippen LogP contribution < -0.4 is 5.73 Å². The highest BCUT2D eigenvalue weighted by atomic mass is 31.2. The third-order valence-electron chi connectivity index (χ3n) is 12.9. The zero-order valence-corrected chi connectivity index (χ0v) is 52.1. The molecule has 0 aliphatic heterocycles. The van der Waals surface area contributed by atoms with E-state index in [-0.39, 0.29) is 32.6 Å². The van der Waals surface area contributed by atoms with Crippen molar-refractivity contribution < 1.29 is 37.6 Å². The molecule has 0 aromatic carbocycles. The molecule has 0 spiro atoms. The second kappa shape index (κ2) is 64.8. The number of unbranched alkanes of at least 4 members (excludes halogenated alkanes) is 19. The van der Waals surface area contributed by atoms with Crippen molar-refractivity contribution in [3.05, 3.63) is 158 Å². The largest absolute Gasteiger partial charge is 0.472 e. The maximum Gasteiger partial charge on any atom is 0.472 e. The van der Waals surface area contributed by atoms with Crippen LogP contribution in [0.3, 0.4) is 0 Å². The van der Waals surface area contributed by atoms with Crippen LogP contribution in [-0.4, -0.2) is 49.3 Å². The fraction of sp³-hybridized carbons (Fsp3) is 0.606. The predicted molar refractivity (Wildman–Crippen MR) is 348 cm³/mol. The Hall–Kier alpha value is -4.37. The van der Waals surface area contributed by atoms with Gasteiger partial charge in [0.1, 0.15) is 6.61 Å². The molecule has 0 rings (SSSR count). The van der Waals surface area contributed by atoms with Crippen LogP contribution in [0.1, 0.15) is 245 Å². The number of carbonyl (C=O) groups excluding carboxylic acids is 2. The van der Waals surface area contributed by atoms with Gasteiger partial charge in [-0.1, -0.05) is 268 Å². The van der Waals surface area contributed by atoms with Crippen molar-refractivity contribution in [1.29, 1.82) is 0 Å². The Labute approximate surface area is 496 Å². The molecule has 0 saturated heterocycles. The molecule has 0 amide bonds. The van der Waals surface area contributed by atoms with Gasteiger partial charge in [-0.15, -0.1) is 0 Å². The van der Waals surface area contributed by atoms with Gasteiger partial charge in [0.25, 0.3) is 0 Å². The first-order valence-electron chi connectivity index (χ1n) is 32.0. The number of rotatable bonds is 58. The molecule has 0 radical (unpaired) electrons. The highest BCUT2D eigenvalue weighted by Crippen LogP contribution is 2.43. The predicted octanol–water partition coefficient (Wildman–Crippen LogP) is 20.8. The number of phosphoric acid groups is 1. The Balaban J connectivity index is 4.02. The fourth-order valence-corrected chi connectivity index (χ4v) is 9.03. The first kappa shape index (κ1) is 76.6. The molecule has 10 heteroatoms. The summed E-state index contributed by atoms with van der Waals surface area (Å²) < 4.78 is 33.1. The van der Waals surface area contributed by atoms with Crippen molar-refractivity contribution in [2.24, 2.45) is 5.73 Å². The molecule has 0 heterocycles. The van der Waals surface area contributed by atoms with E-state index >= 15 is 0 Å². The standard InChI is InChI=1S/C71H116NO8P/c1-3-5-7-9-11-13-15-17-19-21-23-25-27-29-30-31-32-33-34-35-36-37-38-40-42-44-46-48-50-52-54-56-58-60-62-64-71(74)80-69(68-79-81(75,76)78-66-65-72)67-77-70(73)63-61-59-57-55-53-51-49-47-45-43-41-39-28-26-24-22-20-18-16-14-12-10-8-6-4-2/h5-8,11-14,17-20,23-26,29-30,32-33,35-36,38,40,44,46,69H,3-4,9-10,15-16,21-22,27-28,31,34,37,39,41-43,45,47-68,72H2,1-2H3,(H,75,76)/b7-5-,8-6-,13-11-,14-12-,19-17-,20-18-,25-23-,26-24-,30-29-,33-32-,36-35-,40-38-,46-44-. The monoisotopic (exact) mass is 1140 g/mol. The van der Waals surface area contributed by atoms with Gasteiger partial charge in [0.15, 0.2) is 6.10 Å². The van der Waals surface area contributed by atoms with Gasteiger partial charge in [-0.2, -0.15) is 0 Å². The average Bonchev–Trinajstić information content (AvgIpc) is 3.46. The van der Waals surface area contributed by atoms with Crippen LogP contribution in [0.4, 0.5) is 0 Å². The molecule has 0 fully saturated rings. The number of allylic oxidation sites excluding steroid dienone is 26. The number of hydrogen-bond acceptors (Lipinski definition) is 8. The van der Waals surface area contributed by atoms with Gasteiger partial charge in [-0.25, -0.2) is 4.57 Å². The molecule has 3 N–H and O–H groups in total. The fourth-order valence-electron chi connectivity index (χ4n) is 8.27. The molecular formula is C71H116NO8P. The first-order chi connectivity index (χ1) is 39.8. The smallest absolute Gasteiger partial charge is 0.462 e. The van der Waals surface area contributed by atoms with Crippen LogP contribution in [0.25, 0.3) is 0 Å². The van der Waals surface area contributed by atoms with Crippen LogP contribution in [0.2, 0.25) is 0 Å². The SMILES string of the molecule is CC/C=C\C/C=C\C/C=C\C/C=C\C/C=C\C/C=C\C/C=C\C/C=C\C/C=C\CCCCCCCCCC(=O)OC(COC(=O)CCCCCCCCCCCCCC/C=C\C/C=C\C/C=C\C/C=C\CC)COP(=O)(O)OCCN. The zero-order chi connectivity index (χ0) is 58.7. The Morgan fingerprint density at radius 1 is 0.370 bits per heavy atom. The Morgan fingerprint density at radius 3 is 0.951 bits per heavy atom. The maximum atomic E-state index is 12.7. The summed E-state index contributed by atoms with van der Waals surface area (Å²) in [5.74, 6) is -0.851. The number of esters is 2. The third kappa shape index (κ3) is 64.7. The lowest BCUT2D eigenvalue weighted by molar-refractivity contribution is -0.161. The maximum absolute atomic E-state index is 12.7. The van der Waals surface area contributed by atoms with Crippen LogP contribution in [0.15, 0.2) is 158 Å². The van der Waals surface area contributed by atoms with E-state index in [9.17, 15) is 19.0 Å². The summed E-state index contributed by atoms with van der Waals surface area (Å²) in [6, 6.07) is 0. The summed E-state index contributed by atoms with van der Waals surface area (Å²) in [7, 11) is -4.41. The van der Waals surface area contributed by atoms with E-state index in [1.165, 1.54) is 70.6 Å². The minimum absolute atomic E-state index is 0.0432. The molecule has 0 bridgehead atoms. The van der Waals surface area contributed by atoms with Gasteiger partial charge in [0, 0.05) is 19.4 Å². The van der Waals surface area contributed by atoms with Gasteiger partial charge < -0.3 is 20.1 Å². The van der Waals surface area contributed by atoms with Crippen molar-refractivity contribution in [2.75, 3.05) is 26.4 Å².